The van der Waals surface area contributed by atoms with Crippen molar-refractivity contribution >= 4 is 5.91 Å². The van der Waals surface area contributed by atoms with Crippen LogP contribution in [0.15, 0.2) is 0 Å². The smallest absolute Gasteiger partial charge is 0.228 e. The second-order valence-electron chi connectivity index (χ2n) is 6.25. The number of carbonyl (C=O) groups excluding carboxylic acids is 1. The molecule has 1 N–H and O–H groups in total. The van der Waals surface area contributed by atoms with Crippen molar-refractivity contribution in [1.29, 1.82) is 0 Å². The molecule has 0 radical (unpaired) electrons. The second kappa shape index (κ2) is 4.60. The monoisotopic (exact) mass is 236 g/mol. The molecule has 1 saturated heterocycles. The van der Waals surface area contributed by atoms with Crippen molar-refractivity contribution in [3.8, 4) is 0 Å². The predicted molar refractivity (Wildman–Crippen MR) is 67.6 cm³/mol. The Balaban J connectivity index is 1.64. The van der Waals surface area contributed by atoms with E-state index in [4.69, 9.17) is 0 Å². The molecule has 1 amide bonds. The zero-order valence-corrected chi connectivity index (χ0v) is 10.8. The molecular formula is C14H24N2O. The molecule has 0 spiro atoms. The lowest BCUT2D eigenvalue weighted by Crippen LogP contribution is -2.55. The fourth-order valence-electron chi connectivity index (χ4n) is 3.21. The summed E-state index contributed by atoms with van der Waals surface area (Å²) in [4.78, 5) is 14.8. The standard InChI is InChI=1S/C14H24N2O/c1-10-2-4-12(5-3-10)16(13-6-7-13)14(17)11-8-15-9-11/h10-13,15H,2-9H2,1H3. The number of nitrogens with one attached hydrogen (secondary N) is 1. The number of rotatable bonds is 3. The van der Waals surface area contributed by atoms with Gasteiger partial charge >= 0.3 is 0 Å². The van der Waals surface area contributed by atoms with Crippen LogP contribution in [0.2, 0.25) is 0 Å². The van der Waals surface area contributed by atoms with Gasteiger partial charge in [0.1, 0.15) is 0 Å². The number of nitrogens with zero attached hydrogens (tertiary/aromatic N) is 1. The van der Waals surface area contributed by atoms with E-state index in [2.05, 4.69) is 17.1 Å². The average Bonchev–Trinajstić information content (AvgIpc) is 3.03. The Labute approximate surface area is 104 Å². The molecule has 0 aromatic heterocycles. The summed E-state index contributed by atoms with van der Waals surface area (Å²) in [6.45, 7) is 4.16. The van der Waals surface area contributed by atoms with E-state index >= 15 is 0 Å². The molecule has 0 aromatic carbocycles. The van der Waals surface area contributed by atoms with E-state index < -0.39 is 0 Å². The average molecular weight is 236 g/mol. The number of carbonyl (C=O) groups is 1. The van der Waals surface area contributed by atoms with Crippen molar-refractivity contribution in [3.05, 3.63) is 0 Å². The van der Waals surface area contributed by atoms with Crippen LogP contribution in [0, 0.1) is 11.8 Å². The lowest BCUT2D eigenvalue weighted by molar-refractivity contribution is -0.141. The topological polar surface area (TPSA) is 32.3 Å². The van der Waals surface area contributed by atoms with Gasteiger partial charge in [0.15, 0.2) is 0 Å². The van der Waals surface area contributed by atoms with Gasteiger partial charge in [0.25, 0.3) is 0 Å². The van der Waals surface area contributed by atoms with Gasteiger partial charge in [0, 0.05) is 25.2 Å². The van der Waals surface area contributed by atoms with Crippen LogP contribution >= 0.6 is 0 Å². The largest absolute Gasteiger partial charge is 0.336 e. The van der Waals surface area contributed by atoms with Gasteiger partial charge in [-0.1, -0.05) is 6.92 Å². The van der Waals surface area contributed by atoms with Crippen molar-refractivity contribution in [2.45, 2.75) is 57.5 Å². The van der Waals surface area contributed by atoms with Crippen LogP contribution in [0.1, 0.15) is 45.4 Å². The van der Waals surface area contributed by atoms with E-state index in [-0.39, 0.29) is 5.92 Å². The molecule has 0 aromatic rings. The van der Waals surface area contributed by atoms with Gasteiger partial charge in [-0.05, 0) is 44.4 Å². The number of hydrogen-bond donors (Lipinski definition) is 1. The summed E-state index contributed by atoms with van der Waals surface area (Å²) in [5.74, 6) is 1.61. The van der Waals surface area contributed by atoms with E-state index in [0.717, 1.165) is 19.0 Å². The van der Waals surface area contributed by atoms with Gasteiger partial charge in [0.2, 0.25) is 5.91 Å². The molecule has 3 nitrogen and oxygen atoms in total. The van der Waals surface area contributed by atoms with Crippen LogP contribution in [-0.4, -0.2) is 36.0 Å². The molecule has 0 atom stereocenters. The first-order valence-electron chi connectivity index (χ1n) is 7.28. The maximum atomic E-state index is 12.5. The van der Waals surface area contributed by atoms with Crippen LogP contribution < -0.4 is 5.32 Å². The third-order valence-corrected chi connectivity index (χ3v) is 4.70. The molecule has 3 aliphatic rings. The summed E-state index contributed by atoms with van der Waals surface area (Å²) in [5, 5.41) is 3.22. The molecule has 2 saturated carbocycles. The zero-order valence-electron chi connectivity index (χ0n) is 10.8. The summed E-state index contributed by atoms with van der Waals surface area (Å²) >= 11 is 0. The molecule has 3 rings (SSSR count). The molecule has 1 aliphatic heterocycles. The fourth-order valence-corrected chi connectivity index (χ4v) is 3.21. The predicted octanol–water partition coefficient (Wildman–Crippen LogP) is 1.78. The first-order valence-corrected chi connectivity index (χ1v) is 7.28. The summed E-state index contributed by atoms with van der Waals surface area (Å²) in [5.41, 5.74) is 0. The molecule has 96 valence electrons. The maximum Gasteiger partial charge on any atom is 0.228 e. The summed E-state index contributed by atoms with van der Waals surface area (Å²) in [6, 6.07) is 1.16. The molecule has 17 heavy (non-hydrogen) atoms. The molecule has 3 heteroatoms. The van der Waals surface area contributed by atoms with E-state index in [1.165, 1.54) is 38.5 Å². The van der Waals surface area contributed by atoms with Crippen molar-refractivity contribution in [2.24, 2.45) is 11.8 Å². The van der Waals surface area contributed by atoms with Gasteiger partial charge in [-0.3, -0.25) is 4.79 Å². The molecule has 1 heterocycles. The van der Waals surface area contributed by atoms with Crippen molar-refractivity contribution in [3.63, 3.8) is 0 Å². The minimum Gasteiger partial charge on any atom is -0.336 e. The first-order chi connectivity index (χ1) is 8.25. The van der Waals surface area contributed by atoms with Gasteiger partial charge in [-0.2, -0.15) is 0 Å². The number of hydrogen-bond acceptors (Lipinski definition) is 2. The second-order valence-corrected chi connectivity index (χ2v) is 6.25. The Kier molecular flexibility index (Phi) is 3.12. The SMILES string of the molecule is CC1CCC(N(C(=O)C2CNC2)C2CC2)CC1. The van der Waals surface area contributed by atoms with Gasteiger partial charge < -0.3 is 10.2 Å². The molecule has 2 aliphatic carbocycles. The van der Waals surface area contributed by atoms with Crippen LogP contribution in [0.25, 0.3) is 0 Å². The first kappa shape index (κ1) is 11.5. The molecular weight excluding hydrogens is 212 g/mol. The quantitative estimate of drug-likeness (QED) is 0.810. The summed E-state index contributed by atoms with van der Waals surface area (Å²) in [7, 11) is 0. The van der Waals surface area contributed by atoms with Crippen molar-refractivity contribution in [2.75, 3.05) is 13.1 Å². The van der Waals surface area contributed by atoms with Crippen molar-refractivity contribution < 1.29 is 4.79 Å². The highest BCUT2D eigenvalue weighted by molar-refractivity contribution is 5.81. The lowest BCUT2D eigenvalue weighted by Gasteiger charge is -2.40. The van der Waals surface area contributed by atoms with Gasteiger partial charge in [0.05, 0.1) is 5.92 Å². The van der Waals surface area contributed by atoms with E-state index in [1.54, 1.807) is 0 Å². The fraction of sp³-hybridized carbons (Fsp3) is 0.929. The van der Waals surface area contributed by atoms with E-state index in [1.807, 2.05) is 0 Å². The maximum absolute atomic E-state index is 12.5. The van der Waals surface area contributed by atoms with Crippen LogP contribution in [0.3, 0.4) is 0 Å². The van der Waals surface area contributed by atoms with Crippen LogP contribution in [0.5, 0.6) is 0 Å². The Hall–Kier alpha value is -0.570. The highest BCUT2D eigenvalue weighted by atomic mass is 16.2. The van der Waals surface area contributed by atoms with Crippen molar-refractivity contribution in [1.82, 2.24) is 10.2 Å². The molecule has 0 unspecified atom stereocenters. The van der Waals surface area contributed by atoms with Gasteiger partial charge in [-0.25, -0.2) is 0 Å². The lowest BCUT2D eigenvalue weighted by atomic mass is 9.85. The molecule has 0 bridgehead atoms. The third-order valence-electron chi connectivity index (χ3n) is 4.70. The Morgan fingerprint density at radius 2 is 1.53 bits per heavy atom. The highest BCUT2D eigenvalue weighted by Gasteiger charge is 2.41. The Bertz CT molecular complexity index is 289. The Morgan fingerprint density at radius 1 is 1.00 bits per heavy atom. The van der Waals surface area contributed by atoms with Crippen LogP contribution in [-0.2, 0) is 4.79 Å². The minimum absolute atomic E-state index is 0.287. The normalized spacial score (nSPS) is 34.2. The van der Waals surface area contributed by atoms with Crippen LogP contribution in [0.4, 0.5) is 0 Å². The minimum atomic E-state index is 0.287. The summed E-state index contributed by atoms with van der Waals surface area (Å²) < 4.78 is 0. The highest BCUT2D eigenvalue weighted by Crippen LogP contribution is 2.36. The van der Waals surface area contributed by atoms with E-state index in [9.17, 15) is 4.79 Å². The number of amides is 1. The van der Waals surface area contributed by atoms with E-state index in [0.29, 0.717) is 18.0 Å². The third kappa shape index (κ3) is 2.35. The Morgan fingerprint density at radius 3 is 1.94 bits per heavy atom. The zero-order chi connectivity index (χ0) is 11.8. The summed E-state index contributed by atoms with van der Waals surface area (Å²) in [6.07, 6.45) is 7.59. The molecule has 3 fully saturated rings. The van der Waals surface area contributed by atoms with Gasteiger partial charge in [-0.15, -0.1) is 0 Å².